The van der Waals surface area contributed by atoms with Crippen LogP contribution in [0.4, 0.5) is 122 Å². The molecule has 0 N–H and O–H groups in total. The molecule has 384 valence electrons. The summed E-state index contributed by atoms with van der Waals surface area (Å²) in [5.41, 5.74) is -13.8. The largest absolute Gasteiger partial charge is 0.416 e. The zero-order valence-electron chi connectivity index (χ0n) is 36.8. The number of alkyl halides is 18. The van der Waals surface area contributed by atoms with Gasteiger partial charge in [0.15, 0.2) is 0 Å². The van der Waals surface area contributed by atoms with Gasteiger partial charge >= 0.3 is 37.1 Å². The van der Waals surface area contributed by atoms with Gasteiger partial charge in [-0.2, -0.15) is 79.0 Å². The molecule has 7 aromatic carbocycles. The summed E-state index contributed by atoms with van der Waals surface area (Å²) < 4.78 is 280. The lowest BCUT2D eigenvalue weighted by Gasteiger charge is -2.30. The number of hydrogen-bond acceptors (Lipinski definition) is 2. The van der Waals surface area contributed by atoms with E-state index in [9.17, 15) is 87.8 Å². The molecule has 0 saturated heterocycles. The first-order valence-electron chi connectivity index (χ1n) is 20.8. The van der Waals surface area contributed by atoms with Gasteiger partial charge in [0.05, 0.1) is 33.4 Å². The van der Waals surface area contributed by atoms with E-state index in [0.29, 0.717) is 45.9 Å². The Morgan fingerprint density at radius 1 is 0.247 bits per heavy atom. The quantitative estimate of drug-likeness (QED) is 0.133. The van der Waals surface area contributed by atoms with Crippen LogP contribution in [-0.4, -0.2) is 0 Å². The first kappa shape index (κ1) is 53.5. The van der Waals surface area contributed by atoms with Crippen LogP contribution in [0.25, 0.3) is 11.1 Å². The Labute approximate surface area is 400 Å². The van der Waals surface area contributed by atoms with Gasteiger partial charge in [0, 0.05) is 39.5 Å². The minimum absolute atomic E-state index is 0.114. The molecule has 0 spiro atoms. The second kappa shape index (κ2) is 18.7. The molecule has 0 aliphatic carbocycles. The smallest absolute Gasteiger partial charge is 0.310 e. The Kier molecular flexibility index (Phi) is 13.7. The van der Waals surface area contributed by atoms with Crippen molar-refractivity contribution in [3.8, 4) is 11.1 Å². The summed E-state index contributed by atoms with van der Waals surface area (Å²) in [6.07, 6.45) is -32.0. The Morgan fingerprint density at radius 3 is 0.740 bits per heavy atom. The number of hydrogen-bond donors (Lipinski definition) is 0. The fraction of sp³-hybridized carbons (Fsp3) is 0.176. The topological polar surface area (TPSA) is 6.48 Å². The first-order valence-corrected chi connectivity index (χ1v) is 20.8. The third-order valence-corrected chi connectivity index (χ3v) is 11.5. The molecule has 0 unspecified atom stereocenters. The van der Waals surface area contributed by atoms with Gasteiger partial charge in [0.2, 0.25) is 0 Å². The van der Waals surface area contributed by atoms with E-state index in [2.05, 4.69) is 0 Å². The van der Waals surface area contributed by atoms with E-state index in [1.807, 2.05) is 0 Å². The van der Waals surface area contributed by atoms with Crippen molar-refractivity contribution in [3.63, 3.8) is 0 Å². The van der Waals surface area contributed by atoms with Gasteiger partial charge in [-0.3, -0.25) is 0 Å². The molecule has 0 bridgehead atoms. The highest BCUT2D eigenvalue weighted by atomic mass is 19.4. The van der Waals surface area contributed by atoms with E-state index in [-0.39, 0.29) is 59.8 Å². The SMILES string of the molecule is CC(C)(c1ccc(-c2ccc(N(c3cc(C(F)(F)F)cc(C(F)(F)F)c3)c3cc(C(F)(F)F)cc(C(F)(F)F)c3)cc2)cc1)c1ccc(N(c2cc(F)cc(C(F)(F)F)c2)c2cc(F)cc(C(F)(F)F)c2)cc1. The lowest BCUT2D eigenvalue weighted by molar-refractivity contribution is -0.144. The summed E-state index contributed by atoms with van der Waals surface area (Å²) in [5, 5.41) is 0. The molecule has 0 saturated carbocycles. The van der Waals surface area contributed by atoms with Crippen LogP contribution in [0.1, 0.15) is 58.4 Å². The highest BCUT2D eigenvalue weighted by molar-refractivity contribution is 5.81. The lowest BCUT2D eigenvalue weighted by Crippen LogP contribution is -2.19. The maximum absolute atomic E-state index is 14.7. The third kappa shape index (κ3) is 11.8. The van der Waals surface area contributed by atoms with Gasteiger partial charge in [0.25, 0.3) is 0 Å². The summed E-state index contributed by atoms with van der Waals surface area (Å²) in [6, 6.07) is 18.9. The third-order valence-electron chi connectivity index (χ3n) is 11.5. The van der Waals surface area contributed by atoms with Crippen LogP contribution in [-0.2, 0) is 42.5 Å². The molecule has 0 aliphatic rings. The van der Waals surface area contributed by atoms with E-state index < -0.39 is 116 Å². The predicted octanol–water partition coefficient (Wildman–Crippen LogP) is 19.0. The normalized spacial score (nSPS) is 13.1. The first-order chi connectivity index (χ1) is 33.5. The predicted molar refractivity (Wildman–Crippen MR) is 230 cm³/mol. The van der Waals surface area contributed by atoms with Crippen molar-refractivity contribution in [1.29, 1.82) is 0 Å². The van der Waals surface area contributed by atoms with Crippen LogP contribution < -0.4 is 9.80 Å². The van der Waals surface area contributed by atoms with Crippen molar-refractivity contribution in [2.45, 2.75) is 56.3 Å². The highest BCUT2D eigenvalue weighted by Crippen LogP contribution is 2.47. The van der Waals surface area contributed by atoms with Crippen molar-refractivity contribution >= 4 is 34.1 Å². The van der Waals surface area contributed by atoms with Crippen LogP contribution in [0.5, 0.6) is 0 Å². The second-order valence-electron chi connectivity index (χ2n) is 16.9. The minimum Gasteiger partial charge on any atom is -0.310 e. The molecular formula is C51H30F20N2. The van der Waals surface area contributed by atoms with Crippen molar-refractivity contribution in [2.75, 3.05) is 9.80 Å². The Morgan fingerprint density at radius 2 is 0.466 bits per heavy atom. The van der Waals surface area contributed by atoms with Crippen LogP contribution in [0.15, 0.2) is 146 Å². The zero-order chi connectivity index (χ0) is 54.0. The Bertz CT molecular complexity index is 2920. The van der Waals surface area contributed by atoms with Gasteiger partial charge in [-0.25, -0.2) is 8.78 Å². The molecule has 22 heteroatoms. The zero-order valence-corrected chi connectivity index (χ0v) is 36.8. The molecule has 0 fully saturated rings. The number of nitrogens with zero attached hydrogens (tertiary/aromatic N) is 2. The summed E-state index contributed by atoms with van der Waals surface area (Å²) in [5.74, 6) is -2.81. The van der Waals surface area contributed by atoms with E-state index in [1.165, 1.54) is 36.4 Å². The number of rotatable bonds is 9. The standard InChI is InChI=1S/C51H30F20N2/c1-45(2,30-9-13-40(14-10-30)73(43-23-35(50(66,67)68)17-37(52)25-43)44-24-36(51(69,70)71)18-38(53)26-44)29-7-3-27(4-8-29)28-5-11-39(12-6-28)72(41-19-31(46(54,55)56)15-32(20-41)47(57,58)59)42-21-33(48(60,61)62)16-34(22-42)49(63,64)65/h3-26H,1-2H3. The van der Waals surface area contributed by atoms with Crippen molar-refractivity contribution < 1.29 is 87.8 Å². The summed E-state index contributed by atoms with van der Waals surface area (Å²) >= 11 is 0. The molecule has 0 aliphatic heterocycles. The van der Waals surface area contributed by atoms with Gasteiger partial charge in [0.1, 0.15) is 11.6 Å². The molecule has 7 aromatic rings. The van der Waals surface area contributed by atoms with Crippen LogP contribution in [0.2, 0.25) is 0 Å². The lowest BCUT2D eigenvalue weighted by atomic mass is 9.77. The van der Waals surface area contributed by atoms with E-state index >= 15 is 0 Å². The van der Waals surface area contributed by atoms with Crippen LogP contribution in [0, 0.1) is 11.6 Å². The molecule has 0 amide bonds. The molecule has 7 rings (SSSR count). The molecule has 0 aromatic heterocycles. The van der Waals surface area contributed by atoms with Gasteiger partial charge in [-0.05, 0) is 119 Å². The molecule has 2 nitrogen and oxygen atoms in total. The number of anilines is 6. The van der Waals surface area contributed by atoms with E-state index in [1.54, 1.807) is 38.1 Å². The second-order valence-corrected chi connectivity index (χ2v) is 16.9. The molecule has 0 radical (unpaired) electrons. The van der Waals surface area contributed by atoms with Gasteiger partial charge in [-0.15, -0.1) is 0 Å². The fourth-order valence-corrected chi connectivity index (χ4v) is 7.84. The van der Waals surface area contributed by atoms with Crippen molar-refractivity contribution in [3.05, 3.63) is 202 Å². The average Bonchev–Trinajstić information content (AvgIpc) is 3.27. The van der Waals surface area contributed by atoms with Crippen molar-refractivity contribution in [1.82, 2.24) is 0 Å². The van der Waals surface area contributed by atoms with Gasteiger partial charge < -0.3 is 9.80 Å². The monoisotopic (exact) mass is 1050 g/mol. The van der Waals surface area contributed by atoms with Crippen LogP contribution in [0.3, 0.4) is 0 Å². The molecular weight excluding hydrogens is 1020 g/mol. The molecule has 0 heterocycles. The van der Waals surface area contributed by atoms with Crippen molar-refractivity contribution in [2.24, 2.45) is 0 Å². The average molecular weight is 1050 g/mol. The maximum atomic E-state index is 14.7. The summed E-state index contributed by atoms with van der Waals surface area (Å²) in [6.45, 7) is 3.44. The Hall–Kier alpha value is -7.26. The molecule has 0 atom stereocenters. The summed E-state index contributed by atoms with van der Waals surface area (Å²) in [4.78, 5) is 1.18. The number of benzene rings is 7. The maximum Gasteiger partial charge on any atom is 0.416 e. The Balaban J connectivity index is 1.25. The van der Waals surface area contributed by atoms with Gasteiger partial charge in [-0.1, -0.05) is 62.4 Å². The summed E-state index contributed by atoms with van der Waals surface area (Å²) in [7, 11) is 0. The molecule has 73 heavy (non-hydrogen) atoms. The highest BCUT2D eigenvalue weighted by Gasteiger charge is 2.41. The fourth-order valence-electron chi connectivity index (χ4n) is 7.84. The van der Waals surface area contributed by atoms with Crippen LogP contribution >= 0.6 is 0 Å². The van der Waals surface area contributed by atoms with E-state index in [0.717, 1.165) is 17.0 Å². The number of halogens is 20. The van der Waals surface area contributed by atoms with E-state index in [4.69, 9.17) is 0 Å². The minimum atomic E-state index is -5.46.